The number of anilines is 2. The van der Waals surface area contributed by atoms with Crippen LogP contribution < -0.4 is 15.0 Å². The second-order valence-corrected chi connectivity index (χ2v) is 5.82. The Morgan fingerprint density at radius 1 is 1.42 bits per heavy atom. The van der Waals surface area contributed by atoms with Crippen molar-refractivity contribution in [2.24, 2.45) is 0 Å². The first-order valence-electron chi connectivity index (χ1n) is 7.56. The Balaban J connectivity index is 1.93. The number of carbonyl (C=O) groups is 1. The smallest absolute Gasteiger partial charge is 0.339 e. The molecule has 3 rings (SSSR count). The van der Waals surface area contributed by atoms with E-state index in [1.807, 2.05) is 32.3 Å². The van der Waals surface area contributed by atoms with Crippen LogP contribution in [-0.2, 0) is 6.54 Å². The Morgan fingerprint density at radius 2 is 2.21 bits per heavy atom. The number of aromatic carboxylic acids is 1. The average molecular weight is 328 g/mol. The summed E-state index contributed by atoms with van der Waals surface area (Å²) in [6.45, 7) is 0.602. The lowest BCUT2D eigenvalue weighted by Gasteiger charge is -2.31. The number of fused-ring (bicyclic) bond motifs is 1. The van der Waals surface area contributed by atoms with Gasteiger partial charge in [0.1, 0.15) is 11.3 Å². The number of rotatable bonds is 5. The molecule has 0 saturated heterocycles. The van der Waals surface area contributed by atoms with Gasteiger partial charge in [-0.25, -0.2) is 9.78 Å². The Kier molecular flexibility index (Phi) is 4.26. The molecule has 1 aromatic heterocycles. The van der Waals surface area contributed by atoms with Crippen LogP contribution in [0, 0.1) is 0 Å². The van der Waals surface area contributed by atoms with E-state index in [0.29, 0.717) is 12.3 Å². The lowest BCUT2D eigenvalue weighted by atomic mass is 10.1. The SMILES string of the molecule is COc1cc(CN2c3cccnc3NC2N(C)C)ccc1C(=O)O. The molecule has 0 radical (unpaired) electrons. The summed E-state index contributed by atoms with van der Waals surface area (Å²) in [6.07, 6.45) is 1.73. The molecule has 126 valence electrons. The molecule has 7 heteroatoms. The maximum Gasteiger partial charge on any atom is 0.339 e. The van der Waals surface area contributed by atoms with Gasteiger partial charge in [0.25, 0.3) is 0 Å². The van der Waals surface area contributed by atoms with Crippen LogP contribution in [0.1, 0.15) is 15.9 Å². The largest absolute Gasteiger partial charge is 0.496 e. The minimum absolute atomic E-state index is 0.0277. The van der Waals surface area contributed by atoms with Crippen molar-refractivity contribution in [3.05, 3.63) is 47.7 Å². The highest BCUT2D eigenvalue weighted by Gasteiger charge is 2.31. The number of nitrogens with zero attached hydrogens (tertiary/aromatic N) is 3. The Labute approximate surface area is 140 Å². The number of nitrogens with one attached hydrogen (secondary N) is 1. The van der Waals surface area contributed by atoms with Crippen molar-refractivity contribution in [3.8, 4) is 5.75 Å². The van der Waals surface area contributed by atoms with Gasteiger partial charge in [-0.3, -0.25) is 4.90 Å². The van der Waals surface area contributed by atoms with Crippen LogP contribution in [0.4, 0.5) is 11.5 Å². The van der Waals surface area contributed by atoms with Crippen molar-refractivity contribution in [2.75, 3.05) is 31.4 Å². The van der Waals surface area contributed by atoms with Crippen LogP contribution in [0.25, 0.3) is 0 Å². The summed E-state index contributed by atoms with van der Waals surface area (Å²) in [5, 5.41) is 12.6. The third-order valence-corrected chi connectivity index (χ3v) is 4.00. The number of benzene rings is 1. The molecule has 1 aliphatic heterocycles. The number of ether oxygens (including phenoxy) is 1. The topological polar surface area (TPSA) is 77.9 Å². The van der Waals surface area contributed by atoms with Gasteiger partial charge in [-0.2, -0.15) is 0 Å². The van der Waals surface area contributed by atoms with Crippen molar-refractivity contribution in [2.45, 2.75) is 12.8 Å². The number of aromatic nitrogens is 1. The van der Waals surface area contributed by atoms with Crippen LogP contribution in [0.15, 0.2) is 36.5 Å². The lowest BCUT2D eigenvalue weighted by Crippen LogP contribution is -2.46. The minimum atomic E-state index is -0.998. The quantitative estimate of drug-likeness (QED) is 0.870. The maximum absolute atomic E-state index is 11.2. The van der Waals surface area contributed by atoms with E-state index in [1.54, 1.807) is 18.3 Å². The van der Waals surface area contributed by atoms with Gasteiger partial charge < -0.3 is 20.1 Å². The van der Waals surface area contributed by atoms with E-state index in [4.69, 9.17) is 4.74 Å². The highest BCUT2D eigenvalue weighted by molar-refractivity contribution is 5.91. The summed E-state index contributed by atoms with van der Waals surface area (Å²) < 4.78 is 5.22. The van der Waals surface area contributed by atoms with E-state index in [2.05, 4.69) is 20.1 Å². The van der Waals surface area contributed by atoms with E-state index in [0.717, 1.165) is 17.1 Å². The molecule has 0 saturated carbocycles. The second kappa shape index (κ2) is 6.37. The molecule has 0 fully saturated rings. The van der Waals surface area contributed by atoms with Gasteiger partial charge in [-0.05, 0) is 43.9 Å². The molecule has 2 N–H and O–H groups in total. The molecular weight excluding hydrogens is 308 g/mol. The van der Waals surface area contributed by atoms with Gasteiger partial charge in [-0.1, -0.05) is 6.07 Å². The molecule has 1 aliphatic rings. The summed E-state index contributed by atoms with van der Waals surface area (Å²) in [6, 6.07) is 9.08. The number of carboxylic acid groups (broad SMARTS) is 1. The Morgan fingerprint density at radius 3 is 2.88 bits per heavy atom. The average Bonchev–Trinajstić information content (AvgIpc) is 2.93. The Bertz CT molecular complexity index is 763. The summed E-state index contributed by atoms with van der Waals surface area (Å²) >= 11 is 0. The highest BCUT2D eigenvalue weighted by Crippen LogP contribution is 2.34. The second-order valence-electron chi connectivity index (χ2n) is 5.82. The molecule has 24 heavy (non-hydrogen) atoms. The first-order chi connectivity index (χ1) is 11.5. The molecule has 1 atom stereocenters. The fourth-order valence-electron chi connectivity index (χ4n) is 2.86. The molecule has 2 aromatic rings. The van der Waals surface area contributed by atoms with Crippen LogP contribution in [0.3, 0.4) is 0 Å². The fraction of sp³-hybridized carbons (Fsp3) is 0.294. The summed E-state index contributed by atoms with van der Waals surface area (Å²) in [5.41, 5.74) is 2.13. The van der Waals surface area contributed by atoms with Crippen LogP contribution >= 0.6 is 0 Å². The predicted molar refractivity (Wildman–Crippen MR) is 91.5 cm³/mol. The van der Waals surface area contributed by atoms with E-state index in [9.17, 15) is 9.90 Å². The van der Waals surface area contributed by atoms with E-state index in [-0.39, 0.29) is 11.9 Å². The van der Waals surface area contributed by atoms with E-state index >= 15 is 0 Å². The zero-order valence-electron chi connectivity index (χ0n) is 13.9. The molecule has 0 bridgehead atoms. The van der Waals surface area contributed by atoms with Gasteiger partial charge in [0.05, 0.1) is 12.8 Å². The summed E-state index contributed by atoms with van der Waals surface area (Å²) in [4.78, 5) is 19.8. The van der Waals surface area contributed by atoms with Crippen molar-refractivity contribution < 1.29 is 14.6 Å². The molecule has 0 aliphatic carbocycles. The van der Waals surface area contributed by atoms with Crippen molar-refractivity contribution in [1.82, 2.24) is 9.88 Å². The first kappa shape index (κ1) is 16.1. The number of pyridine rings is 1. The van der Waals surface area contributed by atoms with E-state index < -0.39 is 5.97 Å². The molecule has 1 aromatic carbocycles. The van der Waals surface area contributed by atoms with Gasteiger partial charge in [0.2, 0.25) is 0 Å². The molecule has 0 amide bonds. The Hall–Kier alpha value is -2.80. The minimum Gasteiger partial charge on any atom is -0.496 e. The van der Waals surface area contributed by atoms with Crippen molar-refractivity contribution in [3.63, 3.8) is 0 Å². The summed E-state index contributed by atoms with van der Waals surface area (Å²) in [7, 11) is 5.46. The number of carboxylic acids is 1. The number of hydrogen-bond donors (Lipinski definition) is 2. The van der Waals surface area contributed by atoms with Crippen molar-refractivity contribution >= 4 is 17.5 Å². The standard InChI is InChI=1S/C17H20N4O3/c1-20(2)17-19-15-13(5-4-8-18-15)21(17)10-11-6-7-12(16(22)23)14(9-11)24-3/h4-9,17H,10H2,1-3H3,(H,18,19)(H,22,23). The zero-order chi connectivity index (χ0) is 17.3. The van der Waals surface area contributed by atoms with Gasteiger partial charge >= 0.3 is 5.97 Å². The first-order valence-corrected chi connectivity index (χ1v) is 7.56. The van der Waals surface area contributed by atoms with Crippen LogP contribution in [-0.4, -0.2) is 48.5 Å². The highest BCUT2D eigenvalue weighted by atomic mass is 16.5. The van der Waals surface area contributed by atoms with Crippen LogP contribution in [0.5, 0.6) is 5.75 Å². The number of methoxy groups -OCH3 is 1. The predicted octanol–water partition coefficient (Wildman–Crippen LogP) is 2.07. The van der Waals surface area contributed by atoms with Crippen LogP contribution in [0.2, 0.25) is 0 Å². The van der Waals surface area contributed by atoms with Gasteiger partial charge in [0.15, 0.2) is 12.1 Å². The number of hydrogen-bond acceptors (Lipinski definition) is 6. The fourth-order valence-corrected chi connectivity index (χ4v) is 2.86. The normalized spacial score (nSPS) is 16.0. The summed E-state index contributed by atoms with van der Waals surface area (Å²) in [5.74, 6) is 0.201. The molecule has 7 nitrogen and oxygen atoms in total. The van der Waals surface area contributed by atoms with E-state index in [1.165, 1.54) is 7.11 Å². The third kappa shape index (κ3) is 2.85. The van der Waals surface area contributed by atoms with Gasteiger partial charge in [-0.15, -0.1) is 0 Å². The molecule has 0 spiro atoms. The molecule has 1 unspecified atom stereocenters. The monoisotopic (exact) mass is 328 g/mol. The zero-order valence-corrected chi connectivity index (χ0v) is 13.9. The third-order valence-electron chi connectivity index (χ3n) is 4.00. The lowest BCUT2D eigenvalue weighted by molar-refractivity contribution is 0.0693. The van der Waals surface area contributed by atoms with Gasteiger partial charge in [0, 0.05) is 12.7 Å². The molecular formula is C17H20N4O3. The maximum atomic E-state index is 11.2. The van der Waals surface area contributed by atoms with Crippen molar-refractivity contribution in [1.29, 1.82) is 0 Å². The molecule has 2 heterocycles.